The lowest BCUT2D eigenvalue weighted by Gasteiger charge is -2.28. The van der Waals surface area contributed by atoms with Crippen molar-refractivity contribution in [3.63, 3.8) is 0 Å². The minimum Gasteiger partial charge on any atom is -0.497 e. The maximum Gasteiger partial charge on any atom is 0.316 e. The molecule has 3 rings (SSSR count). The fourth-order valence-corrected chi connectivity index (χ4v) is 3.10. The molecule has 7 nitrogen and oxygen atoms in total. The molecule has 1 heterocycles. The Balaban J connectivity index is 1.36. The van der Waals surface area contributed by atoms with Gasteiger partial charge >= 0.3 is 12.0 Å². The van der Waals surface area contributed by atoms with Gasteiger partial charge in [0.2, 0.25) is 0 Å². The lowest BCUT2D eigenvalue weighted by molar-refractivity contribution is 0.129. The van der Waals surface area contributed by atoms with Gasteiger partial charge in [-0.3, -0.25) is 0 Å². The molecule has 0 aliphatic heterocycles. The number of halogens is 1. The largest absolute Gasteiger partial charge is 0.497 e. The van der Waals surface area contributed by atoms with Crippen LogP contribution in [0.25, 0.3) is 0 Å². The zero-order valence-electron chi connectivity index (χ0n) is 15.2. The lowest BCUT2D eigenvalue weighted by Crippen LogP contribution is -2.44. The number of aromatic nitrogens is 2. The highest BCUT2D eigenvalue weighted by atomic mass is 35.5. The van der Waals surface area contributed by atoms with Gasteiger partial charge in [-0.1, -0.05) is 23.7 Å². The first kappa shape index (κ1) is 19.2. The number of methoxy groups -OCH3 is 1. The number of carbonyl (C=O) groups excluding carboxylic acids is 1. The summed E-state index contributed by atoms with van der Waals surface area (Å²) in [6.45, 7) is 0.474. The second kappa shape index (κ2) is 9.41. The number of carbonyl (C=O) groups is 1. The summed E-state index contributed by atoms with van der Waals surface area (Å²) in [7, 11) is 1.63. The summed E-state index contributed by atoms with van der Waals surface area (Å²) >= 11 is 5.77. The maximum atomic E-state index is 12.1. The Morgan fingerprint density at radius 2 is 1.81 bits per heavy atom. The molecule has 2 N–H and O–H groups in total. The van der Waals surface area contributed by atoms with Crippen molar-refractivity contribution in [3.8, 4) is 11.8 Å². The van der Waals surface area contributed by atoms with Gasteiger partial charge in [0.25, 0.3) is 0 Å². The molecule has 27 heavy (non-hydrogen) atoms. The van der Waals surface area contributed by atoms with Crippen LogP contribution in [-0.2, 0) is 6.54 Å². The van der Waals surface area contributed by atoms with Gasteiger partial charge in [0, 0.05) is 12.6 Å². The number of hydrogen-bond donors (Lipinski definition) is 2. The average molecular weight is 391 g/mol. The van der Waals surface area contributed by atoms with Crippen LogP contribution in [0.3, 0.4) is 0 Å². The Kier molecular flexibility index (Phi) is 6.70. The van der Waals surface area contributed by atoms with Gasteiger partial charge in [-0.25, -0.2) is 14.8 Å². The summed E-state index contributed by atoms with van der Waals surface area (Å²) in [6.07, 6.45) is 6.49. The van der Waals surface area contributed by atoms with Crippen molar-refractivity contribution in [2.45, 2.75) is 44.4 Å². The second-order valence-corrected chi connectivity index (χ2v) is 6.89. The molecule has 1 fully saturated rings. The number of nitrogens with zero attached hydrogens (tertiary/aromatic N) is 2. The molecule has 1 saturated carbocycles. The van der Waals surface area contributed by atoms with Gasteiger partial charge in [0.1, 0.15) is 11.9 Å². The third kappa shape index (κ3) is 5.99. The topological polar surface area (TPSA) is 85.4 Å². The lowest BCUT2D eigenvalue weighted by atomic mass is 9.93. The Morgan fingerprint density at radius 1 is 1.15 bits per heavy atom. The molecular weight excluding hydrogens is 368 g/mol. The van der Waals surface area contributed by atoms with Crippen molar-refractivity contribution in [2.75, 3.05) is 7.11 Å². The Labute approximate surface area is 163 Å². The number of amides is 2. The third-order valence-corrected chi connectivity index (χ3v) is 4.69. The quantitative estimate of drug-likeness (QED) is 0.790. The summed E-state index contributed by atoms with van der Waals surface area (Å²) < 4.78 is 10.9. The van der Waals surface area contributed by atoms with Gasteiger partial charge in [-0.05, 0) is 43.4 Å². The summed E-state index contributed by atoms with van der Waals surface area (Å²) in [5, 5.41) is 6.39. The van der Waals surface area contributed by atoms with Gasteiger partial charge in [-0.2, -0.15) is 0 Å². The molecule has 0 bridgehead atoms. The van der Waals surface area contributed by atoms with Gasteiger partial charge < -0.3 is 20.1 Å². The van der Waals surface area contributed by atoms with Gasteiger partial charge in [0.05, 0.1) is 24.5 Å². The summed E-state index contributed by atoms with van der Waals surface area (Å²) in [4.78, 5) is 20.2. The van der Waals surface area contributed by atoms with Crippen molar-refractivity contribution in [3.05, 3.63) is 47.2 Å². The van der Waals surface area contributed by atoms with E-state index in [4.69, 9.17) is 21.1 Å². The molecule has 1 aliphatic carbocycles. The second-order valence-electron chi connectivity index (χ2n) is 6.45. The standard InChI is InChI=1S/C19H23ClN4O3/c1-26-16-6-2-13(3-7-16)10-21-18(25)24-15-4-8-17(9-5-15)27-19-22-11-14(20)12-23-19/h2-3,6-7,11-12,15,17H,4-5,8-10H2,1H3,(H2,21,24,25). The van der Waals surface area contributed by atoms with Gasteiger partial charge in [-0.15, -0.1) is 0 Å². The molecule has 1 aliphatic rings. The highest BCUT2D eigenvalue weighted by Gasteiger charge is 2.24. The number of rotatable bonds is 6. The van der Waals surface area contributed by atoms with E-state index < -0.39 is 0 Å². The fraction of sp³-hybridized carbons (Fsp3) is 0.421. The molecule has 0 saturated heterocycles. The number of urea groups is 1. The zero-order chi connectivity index (χ0) is 19.1. The van der Waals surface area contributed by atoms with Crippen molar-refractivity contribution >= 4 is 17.6 Å². The van der Waals surface area contributed by atoms with Crippen molar-refractivity contribution in [1.82, 2.24) is 20.6 Å². The molecule has 144 valence electrons. The smallest absolute Gasteiger partial charge is 0.316 e. The normalized spacial score (nSPS) is 19.2. The highest BCUT2D eigenvalue weighted by molar-refractivity contribution is 6.30. The SMILES string of the molecule is COc1ccc(CNC(=O)NC2CCC(Oc3ncc(Cl)cn3)CC2)cc1. The van der Waals surface area contributed by atoms with Crippen molar-refractivity contribution < 1.29 is 14.3 Å². The van der Waals surface area contributed by atoms with Crippen LogP contribution >= 0.6 is 11.6 Å². The Morgan fingerprint density at radius 3 is 2.44 bits per heavy atom. The van der Waals surface area contributed by atoms with E-state index in [9.17, 15) is 4.79 Å². The van der Waals surface area contributed by atoms with E-state index >= 15 is 0 Å². The fourth-order valence-electron chi connectivity index (χ4n) is 3.00. The predicted molar refractivity (Wildman–Crippen MR) is 102 cm³/mol. The molecule has 0 atom stereocenters. The minimum absolute atomic E-state index is 0.0617. The van der Waals surface area contributed by atoms with E-state index in [0.717, 1.165) is 37.0 Å². The predicted octanol–water partition coefficient (Wildman–Crippen LogP) is 3.33. The molecule has 2 aromatic rings. The average Bonchev–Trinajstić information content (AvgIpc) is 2.70. The molecule has 1 aromatic heterocycles. The first-order valence-corrected chi connectivity index (χ1v) is 9.31. The Hall–Kier alpha value is -2.54. The first-order valence-electron chi connectivity index (χ1n) is 8.94. The maximum absolute atomic E-state index is 12.1. The van der Waals surface area contributed by atoms with E-state index in [1.165, 1.54) is 12.4 Å². The molecule has 0 radical (unpaired) electrons. The molecule has 1 aromatic carbocycles. The van der Waals surface area contributed by atoms with Crippen LogP contribution in [0.4, 0.5) is 4.79 Å². The molecule has 0 unspecified atom stereocenters. The van der Waals surface area contributed by atoms with E-state index in [1.807, 2.05) is 24.3 Å². The highest BCUT2D eigenvalue weighted by Crippen LogP contribution is 2.22. The van der Waals surface area contributed by atoms with Gasteiger partial charge in [0.15, 0.2) is 0 Å². The summed E-state index contributed by atoms with van der Waals surface area (Å²) in [5.74, 6) is 0.797. The van der Waals surface area contributed by atoms with Crippen LogP contribution in [-0.4, -0.2) is 35.3 Å². The number of ether oxygens (including phenoxy) is 2. The molecule has 2 amide bonds. The molecule has 0 spiro atoms. The summed E-state index contributed by atoms with van der Waals surface area (Å²) in [5.41, 5.74) is 1.02. The van der Waals surface area contributed by atoms with Crippen LogP contribution in [0, 0.1) is 0 Å². The van der Waals surface area contributed by atoms with Crippen LogP contribution in [0.15, 0.2) is 36.7 Å². The number of nitrogens with one attached hydrogen (secondary N) is 2. The van der Waals surface area contributed by atoms with Crippen molar-refractivity contribution in [2.24, 2.45) is 0 Å². The van der Waals surface area contributed by atoms with Crippen LogP contribution in [0.2, 0.25) is 5.02 Å². The van der Waals surface area contributed by atoms with E-state index in [-0.39, 0.29) is 18.2 Å². The van der Waals surface area contributed by atoms with Crippen LogP contribution in [0.1, 0.15) is 31.2 Å². The number of hydrogen-bond acceptors (Lipinski definition) is 5. The number of benzene rings is 1. The summed E-state index contributed by atoms with van der Waals surface area (Å²) in [6, 6.07) is 7.94. The third-order valence-electron chi connectivity index (χ3n) is 4.49. The minimum atomic E-state index is -0.156. The van der Waals surface area contributed by atoms with Crippen molar-refractivity contribution in [1.29, 1.82) is 0 Å². The molecular formula is C19H23ClN4O3. The van der Waals surface area contributed by atoms with E-state index in [2.05, 4.69) is 20.6 Å². The van der Waals surface area contributed by atoms with E-state index in [1.54, 1.807) is 7.11 Å². The first-order chi connectivity index (χ1) is 13.1. The van der Waals surface area contributed by atoms with Crippen LogP contribution < -0.4 is 20.1 Å². The zero-order valence-corrected chi connectivity index (χ0v) is 15.9. The molecule has 8 heteroatoms. The monoisotopic (exact) mass is 390 g/mol. The van der Waals surface area contributed by atoms with Crippen LogP contribution in [0.5, 0.6) is 11.8 Å². The van der Waals surface area contributed by atoms with E-state index in [0.29, 0.717) is 17.6 Å². The Bertz CT molecular complexity index is 732.